The summed E-state index contributed by atoms with van der Waals surface area (Å²) in [5.74, 6) is 0.924. The van der Waals surface area contributed by atoms with Gasteiger partial charge in [0.1, 0.15) is 0 Å². The molecule has 2 atom stereocenters. The van der Waals surface area contributed by atoms with Crippen molar-refractivity contribution < 1.29 is 19.1 Å². The van der Waals surface area contributed by atoms with Gasteiger partial charge in [0.2, 0.25) is 11.8 Å². The van der Waals surface area contributed by atoms with Crippen LogP contribution in [0.3, 0.4) is 0 Å². The van der Waals surface area contributed by atoms with Crippen molar-refractivity contribution in [1.29, 1.82) is 0 Å². The first-order valence-corrected chi connectivity index (χ1v) is 9.41. The predicted molar refractivity (Wildman–Crippen MR) is 98.0 cm³/mol. The summed E-state index contributed by atoms with van der Waals surface area (Å²) in [6.07, 6.45) is 6.41. The Balaban J connectivity index is 1.45. The number of benzene rings is 1. The van der Waals surface area contributed by atoms with Crippen molar-refractivity contribution >= 4 is 11.8 Å². The lowest BCUT2D eigenvalue weighted by Gasteiger charge is -2.22. The third-order valence-electron chi connectivity index (χ3n) is 5.33. The molecule has 6 nitrogen and oxygen atoms in total. The number of amides is 2. The standard InChI is InChI=1S/C20H28N2O4/c1-25-17-9-8-13(10-18(17)26-2)12-21-19(23)15-11-16(15)20(24)22-14-6-4-3-5-7-14/h8-10,14-16H,3-7,11-12H2,1-2H3,(H,21,23)(H,22,24). The zero-order chi connectivity index (χ0) is 18.5. The van der Waals surface area contributed by atoms with Gasteiger partial charge >= 0.3 is 0 Å². The van der Waals surface area contributed by atoms with E-state index in [0.717, 1.165) is 18.4 Å². The molecule has 0 saturated heterocycles. The average molecular weight is 360 g/mol. The number of ether oxygens (including phenoxy) is 2. The summed E-state index contributed by atoms with van der Waals surface area (Å²) in [4.78, 5) is 24.6. The molecule has 0 aromatic heterocycles. The van der Waals surface area contributed by atoms with E-state index in [9.17, 15) is 9.59 Å². The molecule has 0 spiro atoms. The van der Waals surface area contributed by atoms with Crippen molar-refractivity contribution in [3.8, 4) is 11.5 Å². The zero-order valence-electron chi connectivity index (χ0n) is 15.5. The molecule has 0 bridgehead atoms. The Kier molecular flexibility index (Phi) is 6.01. The zero-order valence-corrected chi connectivity index (χ0v) is 15.5. The van der Waals surface area contributed by atoms with Gasteiger partial charge in [-0.1, -0.05) is 25.3 Å². The molecule has 2 fully saturated rings. The fourth-order valence-corrected chi connectivity index (χ4v) is 3.64. The second kappa shape index (κ2) is 8.43. The van der Waals surface area contributed by atoms with Crippen LogP contribution < -0.4 is 20.1 Å². The number of carbonyl (C=O) groups is 2. The quantitative estimate of drug-likeness (QED) is 0.783. The molecule has 142 valence electrons. The van der Waals surface area contributed by atoms with E-state index in [0.29, 0.717) is 30.5 Å². The van der Waals surface area contributed by atoms with Crippen LogP contribution in [0.5, 0.6) is 11.5 Å². The van der Waals surface area contributed by atoms with Crippen LogP contribution in [0.1, 0.15) is 44.1 Å². The lowest BCUT2D eigenvalue weighted by molar-refractivity contribution is -0.127. The van der Waals surface area contributed by atoms with E-state index >= 15 is 0 Å². The van der Waals surface area contributed by atoms with Crippen LogP contribution in [-0.4, -0.2) is 32.1 Å². The maximum atomic E-state index is 12.3. The minimum atomic E-state index is -0.196. The number of hydrogen-bond acceptors (Lipinski definition) is 4. The number of hydrogen-bond donors (Lipinski definition) is 2. The maximum absolute atomic E-state index is 12.3. The normalized spacial score (nSPS) is 22.4. The molecule has 0 aliphatic heterocycles. The van der Waals surface area contributed by atoms with Crippen molar-refractivity contribution in [2.75, 3.05) is 14.2 Å². The summed E-state index contributed by atoms with van der Waals surface area (Å²) in [6, 6.07) is 5.85. The molecule has 2 N–H and O–H groups in total. The first kappa shape index (κ1) is 18.5. The second-order valence-electron chi connectivity index (χ2n) is 7.20. The molecule has 2 amide bonds. The van der Waals surface area contributed by atoms with Crippen LogP contribution in [0.15, 0.2) is 18.2 Å². The largest absolute Gasteiger partial charge is 0.493 e. The van der Waals surface area contributed by atoms with E-state index in [-0.39, 0.29) is 23.7 Å². The van der Waals surface area contributed by atoms with Gasteiger partial charge in [-0.25, -0.2) is 0 Å². The van der Waals surface area contributed by atoms with Gasteiger partial charge in [-0.15, -0.1) is 0 Å². The number of carbonyl (C=O) groups excluding carboxylic acids is 2. The first-order valence-electron chi connectivity index (χ1n) is 9.41. The highest BCUT2D eigenvalue weighted by molar-refractivity contribution is 5.92. The Bertz CT molecular complexity index is 655. The smallest absolute Gasteiger partial charge is 0.224 e. The van der Waals surface area contributed by atoms with E-state index in [1.165, 1.54) is 19.3 Å². The number of methoxy groups -OCH3 is 2. The molecule has 2 aliphatic carbocycles. The Morgan fingerprint density at radius 3 is 2.38 bits per heavy atom. The minimum Gasteiger partial charge on any atom is -0.493 e. The minimum absolute atomic E-state index is 0.0446. The van der Waals surface area contributed by atoms with Gasteiger partial charge in [0.05, 0.1) is 26.1 Å². The molecule has 3 rings (SSSR count). The van der Waals surface area contributed by atoms with Crippen molar-refractivity contribution in [3.63, 3.8) is 0 Å². The lowest BCUT2D eigenvalue weighted by Crippen LogP contribution is -2.38. The van der Waals surface area contributed by atoms with Crippen LogP contribution in [-0.2, 0) is 16.1 Å². The van der Waals surface area contributed by atoms with E-state index in [2.05, 4.69) is 10.6 Å². The van der Waals surface area contributed by atoms with Crippen molar-refractivity contribution in [2.45, 2.75) is 51.1 Å². The molecule has 1 aromatic rings. The van der Waals surface area contributed by atoms with Crippen molar-refractivity contribution in [2.24, 2.45) is 11.8 Å². The van der Waals surface area contributed by atoms with Gasteiger partial charge in [-0.3, -0.25) is 9.59 Å². The lowest BCUT2D eigenvalue weighted by atomic mass is 9.95. The molecule has 6 heteroatoms. The Morgan fingerprint density at radius 2 is 1.69 bits per heavy atom. The maximum Gasteiger partial charge on any atom is 0.224 e. The summed E-state index contributed by atoms with van der Waals surface area (Å²) in [5.41, 5.74) is 0.930. The van der Waals surface area contributed by atoms with Crippen LogP contribution in [0, 0.1) is 11.8 Å². The first-order chi connectivity index (χ1) is 12.6. The van der Waals surface area contributed by atoms with Crippen molar-refractivity contribution in [1.82, 2.24) is 10.6 Å². The van der Waals surface area contributed by atoms with Crippen LogP contribution in [0.4, 0.5) is 0 Å². The van der Waals surface area contributed by atoms with Gasteiger partial charge in [-0.05, 0) is 37.0 Å². The molecular weight excluding hydrogens is 332 g/mol. The monoisotopic (exact) mass is 360 g/mol. The second-order valence-corrected chi connectivity index (χ2v) is 7.20. The Hall–Kier alpha value is -2.24. The highest BCUT2D eigenvalue weighted by atomic mass is 16.5. The van der Waals surface area contributed by atoms with Crippen LogP contribution in [0.2, 0.25) is 0 Å². The number of nitrogens with one attached hydrogen (secondary N) is 2. The molecule has 0 radical (unpaired) electrons. The SMILES string of the molecule is COc1ccc(CNC(=O)C2CC2C(=O)NC2CCCCC2)cc1OC. The highest BCUT2D eigenvalue weighted by Gasteiger charge is 2.48. The topological polar surface area (TPSA) is 76.7 Å². The summed E-state index contributed by atoms with van der Waals surface area (Å²) >= 11 is 0. The molecule has 1 aromatic carbocycles. The van der Waals surface area contributed by atoms with Crippen LogP contribution >= 0.6 is 0 Å². The van der Waals surface area contributed by atoms with Gasteiger partial charge in [-0.2, -0.15) is 0 Å². The van der Waals surface area contributed by atoms with Crippen molar-refractivity contribution in [3.05, 3.63) is 23.8 Å². The van der Waals surface area contributed by atoms with E-state index < -0.39 is 0 Å². The van der Waals surface area contributed by atoms with Gasteiger partial charge in [0.15, 0.2) is 11.5 Å². The Morgan fingerprint density at radius 1 is 1.00 bits per heavy atom. The summed E-state index contributed by atoms with van der Waals surface area (Å²) in [6.45, 7) is 0.409. The third-order valence-corrected chi connectivity index (χ3v) is 5.33. The molecule has 2 aliphatic rings. The molecule has 2 unspecified atom stereocenters. The summed E-state index contributed by atoms with van der Waals surface area (Å²) in [5, 5.41) is 6.04. The molecule has 26 heavy (non-hydrogen) atoms. The predicted octanol–water partition coefficient (Wildman–Crippen LogP) is 2.40. The average Bonchev–Trinajstić information content (AvgIpc) is 3.47. The van der Waals surface area contributed by atoms with E-state index in [4.69, 9.17) is 9.47 Å². The molecule has 2 saturated carbocycles. The van der Waals surface area contributed by atoms with Gasteiger partial charge < -0.3 is 20.1 Å². The summed E-state index contributed by atoms with van der Waals surface area (Å²) < 4.78 is 10.5. The Labute approximate surface area is 154 Å². The molecular formula is C20H28N2O4. The van der Waals surface area contributed by atoms with Gasteiger partial charge in [0, 0.05) is 12.6 Å². The molecule has 0 heterocycles. The fourth-order valence-electron chi connectivity index (χ4n) is 3.64. The number of rotatable bonds is 7. The van der Waals surface area contributed by atoms with E-state index in [1.807, 2.05) is 18.2 Å². The summed E-state index contributed by atoms with van der Waals surface area (Å²) in [7, 11) is 3.17. The third kappa shape index (κ3) is 4.48. The fraction of sp³-hybridized carbons (Fsp3) is 0.600. The van der Waals surface area contributed by atoms with Crippen LogP contribution in [0.25, 0.3) is 0 Å². The van der Waals surface area contributed by atoms with E-state index in [1.54, 1.807) is 14.2 Å². The highest BCUT2D eigenvalue weighted by Crippen LogP contribution is 2.39. The van der Waals surface area contributed by atoms with Gasteiger partial charge in [0.25, 0.3) is 0 Å².